The largest absolute Gasteiger partial charge is 1.00 e. The molecular formula is C30H37ClN8O+2. The molecule has 208 valence electrons. The van der Waals surface area contributed by atoms with E-state index < -0.39 is 0 Å². The summed E-state index contributed by atoms with van der Waals surface area (Å²) in [6.07, 6.45) is 11.6. The van der Waals surface area contributed by atoms with Crippen molar-refractivity contribution in [3.8, 4) is 5.75 Å². The van der Waals surface area contributed by atoms with E-state index in [0.717, 1.165) is 27.8 Å². The minimum Gasteiger partial charge on any atom is -1.00 e. The number of hydrogen-bond acceptors (Lipinski definition) is 5. The third kappa shape index (κ3) is 7.94. The predicted octanol–water partition coefficient (Wildman–Crippen LogP) is 1.57. The van der Waals surface area contributed by atoms with Crippen LogP contribution in [0.15, 0.2) is 113 Å². The Morgan fingerprint density at radius 2 is 1.43 bits per heavy atom. The summed E-state index contributed by atoms with van der Waals surface area (Å²) in [6.45, 7) is 0. The fourth-order valence-electron chi connectivity index (χ4n) is 3.70. The number of aromatic nitrogens is 4. The molecule has 0 aliphatic rings. The molecule has 0 spiro atoms. The van der Waals surface area contributed by atoms with E-state index in [2.05, 4.69) is 15.3 Å². The van der Waals surface area contributed by atoms with Gasteiger partial charge >= 0.3 is 0 Å². The number of phenolic OH excluding ortho intramolecular Hbond substituents is 1. The third-order valence-corrected chi connectivity index (χ3v) is 6.02. The Labute approximate surface area is 242 Å². The number of pyridine rings is 2. The second-order valence-corrected chi connectivity index (χ2v) is 8.92. The Morgan fingerprint density at radius 3 is 2.05 bits per heavy atom. The molecule has 0 unspecified atom stereocenters. The number of aryl methyl sites for hydroxylation is 4. The number of rotatable bonds is 5. The van der Waals surface area contributed by atoms with Crippen LogP contribution in [-0.4, -0.2) is 23.1 Å². The molecule has 10 heteroatoms. The lowest BCUT2D eigenvalue weighted by Crippen LogP contribution is -3.00. The van der Waals surface area contributed by atoms with E-state index in [4.69, 9.17) is 0 Å². The standard InChI is InChI=1S/C15H16N5O.C14H16N3.CH4.ClH/c1-18-8-6-12(7-9-18)16-17-14-13(21)5-4-11-10-19(2)20(3)15(11)14;1-16-10-8-13(9-11-16)12-15-17(2)14-6-4-3-5-7-14;;/h4-10H,1-3H3;3-12H,1-2H3;1H4;1H/q2*+1;;. The smallest absolute Gasteiger partial charge is 0.203 e. The number of hydrogen-bond donors (Lipinski definition) is 1. The van der Waals surface area contributed by atoms with Crippen LogP contribution in [0.25, 0.3) is 10.9 Å². The van der Waals surface area contributed by atoms with Gasteiger partial charge in [-0.15, -0.1) is 14.9 Å². The summed E-state index contributed by atoms with van der Waals surface area (Å²) in [4.78, 5) is 0. The van der Waals surface area contributed by atoms with E-state index in [-0.39, 0.29) is 25.6 Å². The van der Waals surface area contributed by atoms with Crippen LogP contribution in [0.1, 0.15) is 13.0 Å². The zero-order valence-corrected chi connectivity index (χ0v) is 23.5. The first kappa shape index (κ1) is 31.6. The second-order valence-electron chi connectivity index (χ2n) is 8.92. The molecule has 0 atom stereocenters. The SMILES string of the molecule is C.CN(N=Cc1cc[n+](C)cc1)c1ccccc1.Cn1c2c(N=Nc3cc[n+](C)cc3)c(O)ccc2c[n+]1C.[Cl-]. The van der Waals surface area contributed by atoms with Crippen LogP contribution < -0.4 is 31.2 Å². The monoisotopic (exact) mass is 560 g/mol. The van der Waals surface area contributed by atoms with E-state index in [0.29, 0.717) is 5.69 Å². The predicted molar refractivity (Wildman–Crippen MR) is 154 cm³/mol. The van der Waals surface area contributed by atoms with Crippen molar-refractivity contribution in [2.45, 2.75) is 7.43 Å². The fourth-order valence-corrected chi connectivity index (χ4v) is 3.70. The number of aromatic hydroxyl groups is 1. The summed E-state index contributed by atoms with van der Waals surface area (Å²) >= 11 is 0. The lowest BCUT2D eigenvalue weighted by atomic mass is 10.2. The lowest BCUT2D eigenvalue weighted by molar-refractivity contribution is -0.748. The molecule has 0 amide bonds. The number of para-hydroxylation sites is 1. The van der Waals surface area contributed by atoms with Crippen LogP contribution in [0, 0.1) is 0 Å². The molecule has 3 heterocycles. The maximum Gasteiger partial charge on any atom is 0.203 e. The third-order valence-electron chi connectivity index (χ3n) is 6.02. The van der Waals surface area contributed by atoms with E-state index >= 15 is 0 Å². The van der Waals surface area contributed by atoms with Gasteiger partial charge in [0.05, 0.1) is 30.0 Å². The summed E-state index contributed by atoms with van der Waals surface area (Å²) in [5.41, 5.74) is 4.23. The average Bonchev–Trinajstić information content (AvgIpc) is 3.22. The Hall–Kier alpha value is -4.63. The second kappa shape index (κ2) is 14.5. The van der Waals surface area contributed by atoms with Crippen molar-refractivity contribution in [1.29, 1.82) is 0 Å². The topological polar surface area (TPSA) is 77.1 Å². The molecular weight excluding hydrogens is 524 g/mol. The summed E-state index contributed by atoms with van der Waals surface area (Å²) in [5.74, 6) is 0.120. The van der Waals surface area contributed by atoms with E-state index in [1.807, 2.05) is 157 Å². The fraction of sp³-hybridized carbons (Fsp3) is 0.200. The molecule has 5 rings (SSSR count). The Morgan fingerprint density at radius 1 is 0.825 bits per heavy atom. The van der Waals surface area contributed by atoms with Gasteiger partial charge in [-0.25, -0.2) is 9.13 Å². The molecule has 0 fully saturated rings. The number of hydrazone groups is 1. The summed E-state index contributed by atoms with van der Waals surface area (Å²) in [6, 6.07) is 21.4. The van der Waals surface area contributed by atoms with Gasteiger partial charge in [-0.2, -0.15) is 9.78 Å². The summed E-state index contributed by atoms with van der Waals surface area (Å²) in [7, 11) is 9.74. The number of phenols is 1. The highest BCUT2D eigenvalue weighted by molar-refractivity contribution is 5.91. The highest BCUT2D eigenvalue weighted by atomic mass is 35.5. The van der Waals surface area contributed by atoms with E-state index in [1.54, 1.807) is 6.07 Å². The Bertz CT molecular complexity index is 1560. The highest BCUT2D eigenvalue weighted by Gasteiger charge is 2.16. The Balaban J connectivity index is 0.000000272. The first-order valence-corrected chi connectivity index (χ1v) is 12.1. The van der Waals surface area contributed by atoms with Crippen LogP contribution in [0.5, 0.6) is 5.75 Å². The quantitative estimate of drug-likeness (QED) is 0.153. The van der Waals surface area contributed by atoms with Crippen LogP contribution in [0.2, 0.25) is 0 Å². The van der Waals surface area contributed by atoms with Gasteiger partial charge < -0.3 is 17.5 Å². The highest BCUT2D eigenvalue weighted by Crippen LogP contribution is 2.35. The van der Waals surface area contributed by atoms with Gasteiger partial charge in [0.25, 0.3) is 0 Å². The maximum absolute atomic E-state index is 10.1. The molecule has 0 bridgehead atoms. The number of benzene rings is 2. The number of nitrogens with zero attached hydrogens (tertiary/aromatic N) is 8. The molecule has 0 saturated carbocycles. The first-order chi connectivity index (χ1) is 18.3. The van der Waals surface area contributed by atoms with Crippen molar-refractivity contribution in [2.75, 3.05) is 12.1 Å². The number of azo groups is 1. The number of fused-ring (bicyclic) bond motifs is 1. The van der Waals surface area contributed by atoms with Crippen molar-refractivity contribution in [3.05, 3.63) is 103 Å². The molecule has 5 aromatic rings. The van der Waals surface area contributed by atoms with Gasteiger partial charge in [0, 0.05) is 36.9 Å². The van der Waals surface area contributed by atoms with Gasteiger partial charge in [-0.05, 0) is 24.3 Å². The van der Waals surface area contributed by atoms with E-state index in [9.17, 15) is 5.11 Å². The normalized spacial score (nSPS) is 10.6. The van der Waals surface area contributed by atoms with Gasteiger partial charge in [0.2, 0.25) is 6.20 Å². The maximum atomic E-state index is 10.1. The summed E-state index contributed by atoms with van der Waals surface area (Å²) < 4.78 is 7.78. The molecule has 3 aromatic heterocycles. The molecule has 2 aromatic carbocycles. The van der Waals surface area contributed by atoms with Gasteiger partial charge in [-0.1, -0.05) is 25.6 Å². The van der Waals surface area contributed by atoms with Crippen LogP contribution in [0.4, 0.5) is 17.1 Å². The number of halogens is 1. The van der Waals surface area contributed by atoms with Crippen LogP contribution in [0.3, 0.4) is 0 Å². The number of anilines is 1. The van der Waals surface area contributed by atoms with Crippen molar-refractivity contribution < 1.29 is 31.3 Å². The average molecular weight is 561 g/mol. The van der Waals surface area contributed by atoms with E-state index in [1.165, 1.54) is 0 Å². The molecule has 0 aliphatic heterocycles. The Kier molecular flexibility index (Phi) is 11.5. The van der Waals surface area contributed by atoms with Crippen molar-refractivity contribution in [3.63, 3.8) is 0 Å². The molecule has 0 radical (unpaired) electrons. The van der Waals surface area contributed by atoms with Crippen LogP contribution in [-0.2, 0) is 28.2 Å². The van der Waals surface area contributed by atoms with Gasteiger partial charge in [0.15, 0.2) is 37.5 Å². The molecule has 0 saturated heterocycles. The summed E-state index contributed by atoms with van der Waals surface area (Å²) in [5, 5.41) is 25.8. The minimum absolute atomic E-state index is 0. The zero-order chi connectivity index (χ0) is 27.1. The lowest BCUT2D eigenvalue weighted by Gasteiger charge is -2.11. The molecule has 0 aliphatic carbocycles. The molecule has 40 heavy (non-hydrogen) atoms. The molecule has 1 N–H and O–H groups in total. The minimum atomic E-state index is 0. The van der Waals surface area contributed by atoms with Gasteiger partial charge in [0.1, 0.15) is 25.4 Å². The molecule has 9 nitrogen and oxygen atoms in total. The van der Waals surface area contributed by atoms with Crippen LogP contribution >= 0.6 is 0 Å². The zero-order valence-electron chi connectivity index (χ0n) is 22.7. The van der Waals surface area contributed by atoms with Crippen molar-refractivity contribution in [2.24, 2.45) is 43.5 Å². The van der Waals surface area contributed by atoms with Crippen molar-refractivity contribution in [1.82, 2.24) is 4.68 Å². The van der Waals surface area contributed by atoms with Gasteiger partial charge in [-0.3, -0.25) is 5.01 Å². The first-order valence-electron chi connectivity index (χ1n) is 12.1. The van der Waals surface area contributed by atoms with Crippen molar-refractivity contribution >= 4 is 34.2 Å².